The van der Waals surface area contributed by atoms with Gasteiger partial charge < -0.3 is 4.57 Å². The number of aryl methyl sites for hydroxylation is 1. The van der Waals surface area contributed by atoms with Gasteiger partial charge in [0.05, 0.1) is 5.52 Å². The molecule has 0 atom stereocenters. The van der Waals surface area contributed by atoms with Gasteiger partial charge in [0.2, 0.25) is 0 Å². The summed E-state index contributed by atoms with van der Waals surface area (Å²) in [5.74, 6) is 0. The zero-order valence-corrected chi connectivity index (χ0v) is 14.8. The van der Waals surface area contributed by atoms with Gasteiger partial charge in [-0.05, 0) is 47.1 Å². The zero-order chi connectivity index (χ0) is 17.3. The molecule has 1 aliphatic rings. The van der Waals surface area contributed by atoms with E-state index < -0.39 is 0 Å². The number of fused-ring (bicyclic) bond motifs is 9. The first kappa shape index (κ1) is 14.1. The number of rotatable bonds is 1. The second-order valence-electron chi connectivity index (χ2n) is 7.25. The van der Waals surface area contributed by atoms with Gasteiger partial charge in [-0.25, -0.2) is 0 Å². The molecule has 124 valence electrons. The third kappa shape index (κ3) is 1.65. The Kier molecular flexibility index (Phi) is 2.71. The summed E-state index contributed by atoms with van der Waals surface area (Å²) in [6, 6.07) is 27.0. The van der Waals surface area contributed by atoms with E-state index in [2.05, 4.69) is 84.3 Å². The van der Waals surface area contributed by atoms with E-state index in [1.54, 1.807) is 0 Å². The Morgan fingerprint density at radius 3 is 2.35 bits per heavy atom. The van der Waals surface area contributed by atoms with Crippen molar-refractivity contribution >= 4 is 32.6 Å². The lowest BCUT2D eigenvalue weighted by atomic mass is 9.96. The first-order chi connectivity index (χ1) is 12.9. The van der Waals surface area contributed by atoms with Gasteiger partial charge in [-0.3, -0.25) is 0 Å². The van der Waals surface area contributed by atoms with Crippen molar-refractivity contribution in [2.75, 3.05) is 0 Å². The Labute approximate surface area is 152 Å². The van der Waals surface area contributed by atoms with Crippen molar-refractivity contribution in [2.45, 2.75) is 19.9 Å². The number of aromatic nitrogens is 1. The average molecular weight is 333 g/mol. The van der Waals surface area contributed by atoms with Gasteiger partial charge in [-0.2, -0.15) is 0 Å². The van der Waals surface area contributed by atoms with E-state index in [4.69, 9.17) is 0 Å². The topological polar surface area (TPSA) is 4.93 Å². The molecule has 0 N–H and O–H groups in total. The molecule has 26 heavy (non-hydrogen) atoms. The molecule has 1 nitrogen and oxygen atoms in total. The van der Waals surface area contributed by atoms with Crippen LogP contribution in [-0.4, -0.2) is 4.57 Å². The Morgan fingerprint density at radius 2 is 1.42 bits per heavy atom. The van der Waals surface area contributed by atoms with Crippen LogP contribution >= 0.6 is 0 Å². The molecule has 1 heteroatoms. The number of hydrogen-bond donors (Lipinski definition) is 0. The molecule has 0 fully saturated rings. The van der Waals surface area contributed by atoms with Crippen LogP contribution in [-0.2, 0) is 13.0 Å². The predicted octanol–water partition coefficient (Wildman–Crippen LogP) is 6.54. The molecule has 0 aliphatic heterocycles. The molecular formula is C25H19N. The minimum Gasteiger partial charge on any atom is -0.340 e. The molecule has 1 aliphatic carbocycles. The Morgan fingerprint density at radius 1 is 0.692 bits per heavy atom. The highest BCUT2D eigenvalue weighted by atomic mass is 15.0. The van der Waals surface area contributed by atoms with E-state index in [1.807, 2.05) is 0 Å². The molecule has 0 radical (unpaired) electrons. The number of para-hydroxylation sites is 1. The van der Waals surface area contributed by atoms with Crippen LogP contribution in [0.3, 0.4) is 0 Å². The Hall–Kier alpha value is -3.06. The molecule has 4 aromatic carbocycles. The monoisotopic (exact) mass is 333 g/mol. The van der Waals surface area contributed by atoms with Crippen molar-refractivity contribution in [3.05, 3.63) is 83.9 Å². The Balaban J connectivity index is 1.83. The predicted molar refractivity (Wildman–Crippen MR) is 111 cm³/mol. The fraction of sp³-hybridized carbons (Fsp3) is 0.120. The van der Waals surface area contributed by atoms with E-state index in [0.717, 1.165) is 13.0 Å². The first-order valence-corrected chi connectivity index (χ1v) is 9.40. The maximum absolute atomic E-state index is 2.47. The van der Waals surface area contributed by atoms with Crippen molar-refractivity contribution in [1.29, 1.82) is 0 Å². The summed E-state index contributed by atoms with van der Waals surface area (Å²) in [4.78, 5) is 0. The first-order valence-electron chi connectivity index (χ1n) is 9.40. The van der Waals surface area contributed by atoms with Gasteiger partial charge in [-0.1, -0.05) is 66.7 Å². The smallest absolute Gasteiger partial charge is 0.0571 e. The lowest BCUT2D eigenvalue weighted by molar-refractivity contribution is 0.829. The number of hydrogen-bond acceptors (Lipinski definition) is 0. The summed E-state index contributed by atoms with van der Waals surface area (Å²) >= 11 is 0. The molecule has 5 aromatic rings. The molecule has 0 unspecified atom stereocenters. The minimum absolute atomic E-state index is 0.983. The van der Waals surface area contributed by atoms with Crippen LogP contribution in [0.25, 0.3) is 43.7 Å². The van der Waals surface area contributed by atoms with Gasteiger partial charge in [0, 0.05) is 28.2 Å². The fourth-order valence-corrected chi connectivity index (χ4v) is 4.92. The summed E-state index contributed by atoms with van der Waals surface area (Å²) in [6.07, 6.45) is 1.05. The molecule has 0 saturated carbocycles. The van der Waals surface area contributed by atoms with E-state index in [-0.39, 0.29) is 0 Å². The zero-order valence-electron chi connectivity index (χ0n) is 14.8. The normalized spacial score (nSPS) is 12.8. The summed E-state index contributed by atoms with van der Waals surface area (Å²) in [5, 5.41) is 5.47. The van der Waals surface area contributed by atoms with Gasteiger partial charge >= 0.3 is 0 Å². The van der Waals surface area contributed by atoms with Crippen LogP contribution in [0.15, 0.2) is 72.8 Å². The van der Waals surface area contributed by atoms with Crippen LogP contribution < -0.4 is 0 Å². The third-order valence-corrected chi connectivity index (χ3v) is 6.00. The average Bonchev–Trinajstić information content (AvgIpc) is 3.23. The van der Waals surface area contributed by atoms with E-state index >= 15 is 0 Å². The lowest BCUT2D eigenvalue weighted by Gasteiger charge is -2.10. The highest BCUT2D eigenvalue weighted by Gasteiger charge is 2.22. The SMILES string of the molecule is CCn1c2ccccc2c2ccc3c4c(ccc3c21)Cc1ccccc1-4. The highest BCUT2D eigenvalue weighted by molar-refractivity contribution is 6.20. The second-order valence-corrected chi connectivity index (χ2v) is 7.25. The standard InChI is InChI=1S/C25H19N/c1-2-26-23-10-6-5-9-19(23)21-14-13-20-22(25(21)26)12-11-17-15-16-7-3-4-8-18(16)24(17)20/h3-14H,2,15H2,1H3. The van der Waals surface area contributed by atoms with E-state index in [1.165, 1.54) is 54.8 Å². The maximum Gasteiger partial charge on any atom is 0.0571 e. The third-order valence-electron chi connectivity index (χ3n) is 6.00. The quantitative estimate of drug-likeness (QED) is 0.322. The molecule has 0 bridgehead atoms. The van der Waals surface area contributed by atoms with Gasteiger partial charge in [0.25, 0.3) is 0 Å². The van der Waals surface area contributed by atoms with Crippen LogP contribution in [0, 0.1) is 0 Å². The lowest BCUT2D eigenvalue weighted by Crippen LogP contribution is -1.94. The van der Waals surface area contributed by atoms with Crippen molar-refractivity contribution in [3.8, 4) is 11.1 Å². The second kappa shape index (κ2) is 4.98. The number of nitrogens with zero attached hydrogens (tertiary/aromatic N) is 1. The molecule has 6 rings (SSSR count). The van der Waals surface area contributed by atoms with Crippen LogP contribution in [0.4, 0.5) is 0 Å². The van der Waals surface area contributed by atoms with Gasteiger partial charge in [0.15, 0.2) is 0 Å². The summed E-state index contributed by atoms with van der Waals surface area (Å²) < 4.78 is 2.47. The fourth-order valence-electron chi connectivity index (χ4n) is 4.92. The van der Waals surface area contributed by atoms with E-state index in [0.29, 0.717) is 0 Å². The molecule has 0 saturated heterocycles. The van der Waals surface area contributed by atoms with Crippen LogP contribution in [0.5, 0.6) is 0 Å². The van der Waals surface area contributed by atoms with Crippen molar-refractivity contribution < 1.29 is 0 Å². The van der Waals surface area contributed by atoms with Crippen molar-refractivity contribution in [1.82, 2.24) is 4.57 Å². The minimum atomic E-state index is 0.983. The summed E-state index contributed by atoms with van der Waals surface area (Å²) in [7, 11) is 0. The van der Waals surface area contributed by atoms with E-state index in [9.17, 15) is 0 Å². The summed E-state index contributed by atoms with van der Waals surface area (Å²) in [5.41, 5.74) is 8.46. The largest absolute Gasteiger partial charge is 0.340 e. The van der Waals surface area contributed by atoms with Crippen molar-refractivity contribution in [2.24, 2.45) is 0 Å². The van der Waals surface area contributed by atoms with Gasteiger partial charge in [0.1, 0.15) is 0 Å². The summed E-state index contributed by atoms with van der Waals surface area (Å²) in [6.45, 7) is 3.23. The highest BCUT2D eigenvalue weighted by Crippen LogP contribution is 2.44. The van der Waals surface area contributed by atoms with Crippen LogP contribution in [0.2, 0.25) is 0 Å². The molecule has 1 heterocycles. The van der Waals surface area contributed by atoms with Crippen molar-refractivity contribution in [3.63, 3.8) is 0 Å². The number of benzene rings is 4. The molecule has 1 aromatic heterocycles. The molecule has 0 amide bonds. The Bertz CT molecular complexity index is 1340. The van der Waals surface area contributed by atoms with Gasteiger partial charge in [-0.15, -0.1) is 0 Å². The molecular weight excluding hydrogens is 314 g/mol. The molecule has 0 spiro atoms. The maximum atomic E-state index is 2.47. The van der Waals surface area contributed by atoms with Crippen LogP contribution in [0.1, 0.15) is 18.1 Å².